The summed E-state index contributed by atoms with van der Waals surface area (Å²) < 4.78 is 4.76. The van der Waals surface area contributed by atoms with Crippen molar-refractivity contribution in [2.75, 3.05) is 0 Å². The molecule has 7 nitrogen and oxygen atoms in total. The van der Waals surface area contributed by atoms with Crippen molar-refractivity contribution < 1.29 is 9.42 Å². The van der Waals surface area contributed by atoms with Crippen molar-refractivity contribution in [2.45, 2.75) is 18.4 Å². The summed E-state index contributed by atoms with van der Waals surface area (Å²) in [5.41, 5.74) is 9.14. The summed E-state index contributed by atoms with van der Waals surface area (Å²) in [6, 6.07) is 16.9. The number of nitriles is 1. The Bertz CT molecular complexity index is 1290. The van der Waals surface area contributed by atoms with Gasteiger partial charge in [-0.1, -0.05) is 18.2 Å². The van der Waals surface area contributed by atoms with E-state index in [0.29, 0.717) is 16.6 Å². The number of hydrogen-bond donors (Lipinski definition) is 1. The van der Waals surface area contributed by atoms with E-state index in [9.17, 15) is 4.79 Å². The van der Waals surface area contributed by atoms with Gasteiger partial charge in [0, 0.05) is 4.88 Å². The van der Waals surface area contributed by atoms with E-state index in [1.165, 1.54) is 17.7 Å². The number of carbonyl (C=O) groups excluding carboxylic acids is 1. The summed E-state index contributed by atoms with van der Waals surface area (Å²) in [5, 5.41) is 18.8. The quantitative estimate of drug-likeness (QED) is 0.289. The SMILES string of the molecule is C[C@@](N=CN)(c1cc(-c2cccc(C#N)c2)cs1)[C@@H](C=O)c1ccc2nonc2c1. The van der Waals surface area contributed by atoms with Gasteiger partial charge in [-0.25, -0.2) is 4.63 Å². The zero-order valence-electron chi connectivity index (χ0n) is 16.0. The van der Waals surface area contributed by atoms with Crippen molar-refractivity contribution in [1.29, 1.82) is 5.26 Å². The molecule has 0 radical (unpaired) electrons. The maximum absolute atomic E-state index is 12.2. The van der Waals surface area contributed by atoms with Gasteiger partial charge in [0.25, 0.3) is 0 Å². The van der Waals surface area contributed by atoms with Crippen molar-refractivity contribution in [1.82, 2.24) is 10.3 Å². The number of aromatic nitrogens is 2. The fraction of sp³-hybridized carbons (Fsp3) is 0.136. The Morgan fingerprint density at radius 1 is 1.20 bits per heavy atom. The average Bonchev–Trinajstić information content (AvgIpc) is 3.44. The largest absolute Gasteiger partial charge is 0.390 e. The molecule has 0 aliphatic heterocycles. The molecule has 4 rings (SSSR count). The van der Waals surface area contributed by atoms with Crippen LogP contribution < -0.4 is 5.73 Å². The van der Waals surface area contributed by atoms with Gasteiger partial charge in [-0.05, 0) is 69.6 Å². The molecule has 2 heterocycles. The van der Waals surface area contributed by atoms with Gasteiger partial charge in [-0.3, -0.25) is 4.99 Å². The van der Waals surface area contributed by atoms with Crippen molar-refractivity contribution >= 4 is 35.0 Å². The highest BCUT2D eigenvalue weighted by Gasteiger charge is 2.38. The van der Waals surface area contributed by atoms with Crippen LogP contribution in [0.3, 0.4) is 0 Å². The fourth-order valence-electron chi connectivity index (χ4n) is 3.50. The van der Waals surface area contributed by atoms with E-state index in [1.807, 2.05) is 42.6 Å². The summed E-state index contributed by atoms with van der Waals surface area (Å²) in [7, 11) is 0. The van der Waals surface area contributed by atoms with E-state index in [2.05, 4.69) is 21.4 Å². The molecule has 2 aromatic heterocycles. The lowest BCUT2D eigenvalue weighted by atomic mass is 9.80. The van der Waals surface area contributed by atoms with E-state index in [1.54, 1.807) is 18.2 Å². The van der Waals surface area contributed by atoms with Crippen LogP contribution in [0.5, 0.6) is 0 Å². The Labute approximate surface area is 176 Å². The molecular formula is C22H17N5O2S. The molecule has 0 saturated carbocycles. The van der Waals surface area contributed by atoms with Gasteiger partial charge in [-0.15, -0.1) is 11.3 Å². The first-order chi connectivity index (χ1) is 14.6. The van der Waals surface area contributed by atoms with Crippen molar-refractivity contribution in [3.8, 4) is 17.2 Å². The number of thiophene rings is 1. The standard InChI is InChI=1S/C22H17N5O2S/c1-22(25-13-24,18(11-28)16-5-6-19-20(8-16)27-29-26-19)21-9-17(12-30-21)15-4-2-3-14(7-15)10-23/h2-9,11-13,18H,1H3,(H2,24,25)/t18-,22-/m0/s1. The second kappa shape index (κ2) is 7.89. The number of nitrogens with zero attached hydrogens (tertiary/aromatic N) is 4. The van der Waals surface area contributed by atoms with Crippen LogP contribution in [0.1, 0.15) is 28.8 Å². The summed E-state index contributed by atoms with van der Waals surface area (Å²) >= 11 is 1.49. The Morgan fingerprint density at radius 3 is 2.80 bits per heavy atom. The number of carbonyl (C=O) groups is 1. The summed E-state index contributed by atoms with van der Waals surface area (Å²) in [5.74, 6) is -0.602. The third-order valence-electron chi connectivity index (χ3n) is 5.14. The highest BCUT2D eigenvalue weighted by molar-refractivity contribution is 7.10. The maximum Gasteiger partial charge on any atom is 0.135 e. The lowest BCUT2D eigenvalue weighted by molar-refractivity contribution is -0.110. The topological polar surface area (TPSA) is 118 Å². The molecule has 0 unspecified atom stereocenters. The number of rotatable bonds is 6. The van der Waals surface area contributed by atoms with Crippen LogP contribution in [-0.4, -0.2) is 22.9 Å². The minimum Gasteiger partial charge on any atom is -0.390 e. The van der Waals surface area contributed by atoms with Crippen LogP contribution in [0.25, 0.3) is 22.2 Å². The first kappa shape index (κ1) is 19.5. The minimum absolute atomic E-state index is 0.568. The molecule has 2 N–H and O–H groups in total. The zero-order valence-corrected chi connectivity index (χ0v) is 16.8. The van der Waals surface area contributed by atoms with Crippen molar-refractivity contribution in [3.05, 3.63) is 69.9 Å². The predicted octanol–water partition coefficient (Wildman–Crippen LogP) is 4.01. The number of nitrogens with two attached hydrogens (primary N) is 1. The predicted molar refractivity (Wildman–Crippen MR) is 115 cm³/mol. The fourth-order valence-corrected chi connectivity index (χ4v) is 4.57. The molecule has 0 aliphatic rings. The average molecular weight is 415 g/mol. The molecule has 4 aromatic rings. The Balaban J connectivity index is 1.79. The highest BCUT2D eigenvalue weighted by Crippen LogP contribution is 2.43. The Morgan fingerprint density at radius 2 is 2.03 bits per heavy atom. The van der Waals surface area contributed by atoms with Crippen LogP contribution in [0, 0.1) is 11.3 Å². The number of fused-ring (bicyclic) bond motifs is 1. The van der Waals surface area contributed by atoms with E-state index in [4.69, 9.17) is 15.6 Å². The number of aldehydes is 1. The van der Waals surface area contributed by atoms with Gasteiger partial charge in [0.15, 0.2) is 0 Å². The molecule has 148 valence electrons. The first-order valence-corrected chi connectivity index (χ1v) is 9.99. The van der Waals surface area contributed by atoms with Gasteiger partial charge >= 0.3 is 0 Å². The zero-order chi connectivity index (χ0) is 21.1. The third-order valence-corrected chi connectivity index (χ3v) is 6.30. The van der Waals surface area contributed by atoms with Gasteiger partial charge in [0.1, 0.15) is 22.9 Å². The van der Waals surface area contributed by atoms with Crippen LogP contribution in [0.4, 0.5) is 0 Å². The lowest BCUT2D eigenvalue weighted by Gasteiger charge is -2.30. The molecule has 2 aromatic carbocycles. The molecule has 8 heteroatoms. The van der Waals surface area contributed by atoms with E-state index < -0.39 is 11.5 Å². The van der Waals surface area contributed by atoms with Gasteiger partial charge < -0.3 is 10.5 Å². The third kappa shape index (κ3) is 3.36. The van der Waals surface area contributed by atoms with Crippen LogP contribution in [0.2, 0.25) is 0 Å². The van der Waals surface area contributed by atoms with E-state index in [-0.39, 0.29) is 0 Å². The van der Waals surface area contributed by atoms with Gasteiger partial charge in [-0.2, -0.15) is 5.26 Å². The van der Waals surface area contributed by atoms with Crippen molar-refractivity contribution in [2.24, 2.45) is 10.7 Å². The molecule has 0 amide bonds. The highest BCUT2D eigenvalue weighted by atomic mass is 32.1. The Kier molecular flexibility index (Phi) is 5.12. The maximum atomic E-state index is 12.2. The molecule has 0 bridgehead atoms. The van der Waals surface area contributed by atoms with Gasteiger partial charge in [0.2, 0.25) is 0 Å². The summed E-state index contributed by atoms with van der Waals surface area (Å²) in [4.78, 5) is 17.6. The monoisotopic (exact) mass is 415 g/mol. The molecule has 0 spiro atoms. The Hall–Kier alpha value is -3.83. The number of aliphatic imine (C=N–C) groups is 1. The van der Waals surface area contributed by atoms with E-state index >= 15 is 0 Å². The number of benzene rings is 2. The van der Waals surface area contributed by atoms with Crippen LogP contribution in [-0.2, 0) is 10.3 Å². The summed E-state index contributed by atoms with van der Waals surface area (Å²) in [6.07, 6.45) is 2.10. The van der Waals surface area contributed by atoms with Crippen LogP contribution >= 0.6 is 11.3 Å². The molecule has 2 atom stereocenters. The van der Waals surface area contributed by atoms with Crippen LogP contribution in [0.15, 0.2) is 63.5 Å². The lowest BCUT2D eigenvalue weighted by Crippen LogP contribution is -2.29. The normalized spacial score (nSPS) is 14.4. The minimum atomic E-state index is -0.920. The smallest absolute Gasteiger partial charge is 0.135 e. The molecule has 30 heavy (non-hydrogen) atoms. The van der Waals surface area contributed by atoms with Crippen molar-refractivity contribution in [3.63, 3.8) is 0 Å². The molecule has 0 fully saturated rings. The second-order valence-corrected chi connectivity index (χ2v) is 7.86. The number of hydrogen-bond acceptors (Lipinski definition) is 7. The van der Waals surface area contributed by atoms with E-state index in [0.717, 1.165) is 27.9 Å². The summed E-state index contributed by atoms with van der Waals surface area (Å²) in [6.45, 7) is 1.88. The van der Waals surface area contributed by atoms with Gasteiger partial charge in [0.05, 0.1) is 23.9 Å². The molecular weight excluding hydrogens is 398 g/mol. The first-order valence-electron chi connectivity index (χ1n) is 9.11. The molecule has 0 aliphatic carbocycles. The second-order valence-electron chi connectivity index (χ2n) is 6.94. The molecule has 0 saturated heterocycles.